The molecule has 4 N–H and O–H groups in total. The second-order valence-corrected chi connectivity index (χ2v) is 6.70. The highest BCUT2D eigenvalue weighted by Crippen LogP contribution is 2.31. The Morgan fingerprint density at radius 2 is 2.32 bits per heavy atom. The second-order valence-electron chi connectivity index (χ2n) is 5.65. The molecule has 116 valence electrons. The summed E-state index contributed by atoms with van der Waals surface area (Å²) in [4.78, 5) is 20.7. The number of hydrogen-bond acceptors (Lipinski definition) is 6. The van der Waals surface area contributed by atoms with E-state index in [1.54, 1.807) is 0 Å². The second kappa shape index (κ2) is 5.15. The van der Waals surface area contributed by atoms with Gasteiger partial charge in [0.15, 0.2) is 0 Å². The molecule has 6 nitrogen and oxygen atoms in total. The molecule has 0 saturated carbocycles. The van der Waals surface area contributed by atoms with Gasteiger partial charge in [0.1, 0.15) is 16.7 Å². The Morgan fingerprint density at radius 3 is 3.00 bits per heavy atom. The third kappa shape index (κ3) is 2.23. The van der Waals surface area contributed by atoms with Crippen LogP contribution in [0.15, 0.2) is 16.6 Å². The zero-order valence-electron chi connectivity index (χ0n) is 12.0. The molecule has 2 atom stereocenters. The normalized spacial score (nSPS) is 25.2. The predicted octanol–water partition coefficient (Wildman–Crippen LogP) is 1.20. The van der Waals surface area contributed by atoms with Gasteiger partial charge in [0.25, 0.3) is 5.56 Å². The van der Waals surface area contributed by atoms with Crippen LogP contribution in [0, 0.1) is 0 Å². The molecule has 0 spiro atoms. The van der Waals surface area contributed by atoms with Crippen molar-refractivity contribution in [1.29, 1.82) is 0 Å². The molecule has 0 bridgehead atoms. The fraction of sp³-hybridized carbons (Fsp3) is 0.429. The van der Waals surface area contributed by atoms with Gasteiger partial charge in [0, 0.05) is 35.7 Å². The van der Waals surface area contributed by atoms with Crippen LogP contribution in [0.2, 0.25) is 0 Å². The lowest BCUT2D eigenvalue weighted by Crippen LogP contribution is -2.22. The first-order chi connectivity index (χ1) is 10.6. The van der Waals surface area contributed by atoms with Gasteiger partial charge in [-0.3, -0.25) is 4.79 Å². The van der Waals surface area contributed by atoms with Crippen LogP contribution in [0.1, 0.15) is 30.1 Å². The monoisotopic (exact) mass is 321 g/mol. The number of rotatable bonds is 2. The van der Waals surface area contributed by atoms with E-state index >= 15 is 0 Å². The number of halogens is 1. The topological polar surface area (TPSA) is 81.8 Å². The lowest BCUT2D eigenvalue weighted by atomic mass is 10.2. The average Bonchev–Trinajstić information content (AvgIpc) is 3.17. The first kappa shape index (κ1) is 13.9. The van der Waals surface area contributed by atoms with Crippen molar-refractivity contribution in [2.24, 2.45) is 0 Å². The number of thiophene rings is 1. The number of aromatic nitrogens is 2. The summed E-state index contributed by atoms with van der Waals surface area (Å²) < 4.78 is 13.9. The summed E-state index contributed by atoms with van der Waals surface area (Å²) in [5.74, 6) is 0.523. The molecule has 2 aliphatic heterocycles. The highest BCUT2D eigenvalue weighted by molar-refractivity contribution is 7.19. The van der Waals surface area contributed by atoms with Crippen LogP contribution in [0.3, 0.4) is 0 Å². The Kier molecular flexibility index (Phi) is 3.24. The lowest BCUT2D eigenvalue weighted by Gasteiger charge is -2.08. The third-order valence-electron chi connectivity index (χ3n) is 4.10. The molecule has 0 radical (unpaired) electrons. The van der Waals surface area contributed by atoms with E-state index in [4.69, 9.17) is 0 Å². The molecule has 0 aliphatic carbocycles. The maximum Gasteiger partial charge on any atom is 0.268 e. The summed E-state index contributed by atoms with van der Waals surface area (Å²) in [7, 11) is 0. The molecule has 0 unspecified atom stereocenters. The number of aromatic amines is 1. The average molecular weight is 321 g/mol. The molecular weight excluding hydrogens is 305 g/mol. The van der Waals surface area contributed by atoms with Gasteiger partial charge in [0.2, 0.25) is 0 Å². The van der Waals surface area contributed by atoms with Crippen molar-refractivity contribution in [2.45, 2.75) is 25.6 Å². The Morgan fingerprint density at radius 1 is 1.45 bits per heavy atom. The molecule has 2 aliphatic rings. The summed E-state index contributed by atoms with van der Waals surface area (Å²) in [6, 6.07) is 1.72. The van der Waals surface area contributed by atoms with Crippen molar-refractivity contribution in [1.82, 2.24) is 26.1 Å². The van der Waals surface area contributed by atoms with Crippen LogP contribution in [0.4, 0.5) is 4.39 Å². The van der Waals surface area contributed by atoms with Crippen molar-refractivity contribution in [3.05, 3.63) is 32.8 Å². The van der Waals surface area contributed by atoms with Crippen molar-refractivity contribution in [3.8, 4) is 0 Å². The first-order valence-electron chi connectivity index (χ1n) is 7.22. The number of fused-ring (bicyclic) bond motifs is 1. The number of alkyl halides is 1. The predicted molar refractivity (Wildman–Crippen MR) is 84.2 cm³/mol. The van der Waals surface area contributed by atoms with Gasteiger partial charge in [-0.25, -0.2) is 14.8 Å². The Labute approximate surface area is 129 Å². The third-order valence-corrected chi connectivity index (χ3v) is 5.28. The van der Waals surface area contributed by atoms with Crippen LogP contribution in [-0.2, 0) is 0 Å². The smallest absolute Gasteiger partial charge is 0.268 e. The molecule has 2 aromatic heterocycles. The Balaban J connectivity index is 1.78. The highest BCUT2D eigenvalue weighted by atomic mass is 32.1. The van der Waals surface area contributed by atoms with E-state index in [9.17, 15) is 9.18 Å². The highest BCUT2D eigenvalue weighted by Gasteiger charge is 2.27. The fourth-order valence-corrected chi connectivity index (χ4v) is 4.01. The number of nitrogens with one attached hydrogen (secondary N) is 4. The van der Waals surface area contributed by atoms with Crippen LogP contribution in [-0.4, -0.2) is 29.2 Å². The molecule has 4 heterocycles. The fourth-order valence-electron chi connectivity index (χ4n) is 2.92. The molecule has 0 amide bonds. The van der Waals surface area contributed by atoms with E-state index in [2.05, 4.69) is 26.1 Å². The van der Waals surface area contributed by atoms with Crippen molar-refractivity contribution < 1.29 is 4.39 Å². The van der Waals surface area contributed by atoms with Crippen molar-refractivity contribution >= 4 is 27.1 Å². The Hall–Kier alpha value is -1.77. The van der Waals surface area contributed by atoms with Crippen LogP contribution in [0.25, 0.3) is 15.8 Å². The molecule has 8 heteroatoms. The Bertz CT molecular complexity index is 826. The van der Waals surface area contributed by atoms with Gasteiger partial charge >= 0.3 is 0 Å². The summed E-state index contributed by atoms with van der Waals surface area (Å²) in [6.07, 6.45) is -0.531. The van der Waals surface area contributed by atoms with Gasteiger partial charge < -0.3 is 15.7 Å². The molecule has 2 aromatic rings. The summed E-state index contributed by atoms with van der Waals surface area (Å²) in [5.41, 5.74) is 8.85. The van der Waals surface area contributed by atoms with Crippen LogP contribution in [0.5, 0.6) is 0 Å². The molecule has 1 fully saturated rings. The zero-order chi connectivity index (χ0) is 15.3. The number of H-pyrrole nitrogens is 1. The van der Waals surface area contributed by atoms with Gasteiger partial charge in [-0.05, 0) is 13.0 Å². The van der Waals surface area contributed by atoms with E-state index < -0.39 is 6.17 Å². The molecule has 4 rings (SSSR count). The van der Waals surface area contributed by atoms with Crippen molar-refractivity contribution in [2.75, 3.05) is 13.1 Å². The van der Waals surface area contributed by atoms with Gasteiger partial charge in [-0.2, -0.15) is 0 Å². The van der Waals surface area contributed by atoms with Gasteiger partial charge in [0.05, 0.1) is 11.6 Å². The number of hydrogen-bond donors (Lipinski definition) is 4. The summed E-state index contributed by atoms with van der Waals surface area (Å²) in [5, 5.41) is 3.05. The maximum absolute atomic E-state index is 13.3. The minimum atomic E-state index is -0.882. The lowest BCUT2D eigenvalue weighted by molar-refractivity contribution is 0.355. The minimum Gasteiger partial charge on any atom is -0.325 e. The minimum absolute atomic E-state index is 0.155. The SMILES string of the molecule is CC1=C(c2cc3nc([C@@H]4C[C@@H](F)CN4)[nH]c(=O)c3s2)CNN1. The number of hydrazine groups is 1. The van der Waals surface area contributed by atoms with Crippen molar-refractivity contribution in [3.63, 3.8) is 0 Å². The first-order valence-corrected chi connectivity index (χ1v) is 8.03. The van der Waals surface area contributed by atoms with E-state index in [1.165, 1.54) is 11.3 Å². The van der Waals surface area contributed by atoms with E-state index in [0.717, 1.165) is 22.7 Å². The quantitative estimate of drug-likeness (QED) is 0.668. The molecule has 1 saturated heterocycles. The standard InChI is InChI=1S/C14H16FN5OS/c1-6-8(5-17-20-6)11-3-9-12(22-11)14(21)19-13(18-9)10-2-7(15)4-16-10/h3,7,10,16-17,20H,2,4-5H2,1H3,(H,18,19,21)/t7-,10+/m1/s1. The summed E-state index contributed by atoms with van der Waals surface area (Å²) in [6.45, 7) is 3.02. The summed E-state index contributed by atoms with van der Waals surface area (Å²) >= 11 is 1.44. The molecule has 0 aromatic carbocycles. The van der Waals surface area contributed by atoms with E-state index in [1.807, 2.05) is 13.0 Å². The van der Waals surface area contributed by atoms with Crippen LogP contribution >= 0.6 is 11.3 Å². The molecule has 22 heavy (non-hydrogen) atoms. The maximum atomic E-state index is 13.3. The van der Waals surface area contributed by atoms with E-state index in [-0.39, 0.29) is 11.6 Å². The number of allylic oxidation sites excluding steroid dienone is 1. The molecular formula is C14H16FN5OS. The largest absolute Gasteiger partial charge is 0.325 e. The van der Waals surface area contributed by atoms with Crippen LogP contribution < -0.4 is 21.7 Å². The van der Waals surface area contributed by atoms with Gasteiger partial charge in [-0.1, -0.05) is 0 Å². The number of nitrogens with zero attached hydrogens (tertiary/aromatic N) is 1. The van der Waals surface area contributed by atoms with Gasteiger partial charge in [-0.15, -0.1) is 11.3 Å². The zero-order valence-corrected chi connectivity index (χ0v) is 12.8. The van der Waals surface area contributed by atoms with E-state index in [0.29, 0.717) is 29.0 Å².